The van der Waals surface area contributed by atoms with Crippen molar-refractivity contribution in [2.24, 2.45) is 4.99 Å². The highest BCUT2D eigenvalue weighted by atomic mass is 32.1. The van der Waals surface area contributed by atoms with Crippen molar-refractivity contribution < 1.29 is 5.11 Å². The summed E-state index contributed by atoms with van der Waals surface area (Å²) in [6.45, 7) is 8.66. The Morgan fingerprint density at radius 2 is 2.07 bits per heavy atom. The first-order chi connectivity index (χ1) is 13.5. The van der Waals surface area contributed by atoms with Crippen molar-refractivity contribution in [2.75, 3.05) is 19.6 Å². The van der Waals surface area contributed by atoms with Gasteiger partial charge in [-0.1, -0.05) is 18.2 Å². The van der Waals surface area contributed by atoms with Crippen molar-refractivity contribution in [2.45, 2.75) is 39.3 Å². The number of imidazole rings is 1. The molecule has 0 aliphatic heterocycles. The van der Waals surface area contributed by atoms with E-state index in [9.17, 15) is 5.11 Å². The summed E-state index contributed by atoms with van der Waals surface area (Å²) in [6.07, 6.45) is 0.951. The zero-order chi connectivity index (χ0) is 20.0. The molecular weight excluding hydrogens is 370 g/mol. The van der Waals surface area contributed by atoms with E-state index in [1.165, 1.54) is 5.52 Å². The highest BCUT2D eigenvalue weighted by Crippen LogP contribution is 2.25. The Balaban J connectivity index is 1.55. The molecule has 150 valence electrons. The number of hydrogen-bond donors (Lipinski definition) is 3. The van der Waals surface area contributed by atoms with E-state index < -0.39 is 5.60 Å². The molecule has 1 atom stereocenters. The van der Waals surface area contributed by atoms with Crippen LogP contribution in [0.4, 0.5) is 0 Å². The number of rotatable bonds is 8. The number of hydrogen-bond acceptors (Lipinski definition) is 4. The summed E-state index contributed by atoms with van der Waals surface area (Å²) in [5.41, 5.74) is 1.26. The van der Waals surface area contributed by atoms with Crippen LogP contribution in [0.3, 0.4) is 0 Å². The number of aryl methyl sites for hydroxylation is 2. The molecule has 0 amide bonds. The quantitative estimate of drug-likeness (QED) is 0.309. The van der Waals surface area contributed by atoms with E-state index in [1.807, 2.05) is 49.6 Å². The second-order valence-electron chi connectivity index (χ2n) is 7.03. The van der Waals surface area contributed by atoms with Crippen molar-refractivity contribution >= 4 is 28.3 Å². The van der Waals surface area contributed by atoms with Gasteiger partial charge in [0.1, 0.15) is 11.4 Å². The van der Waals surface area contributed by atoms with Gasteiger partial charge in [-0.25, -0.2) is 9.98 Å². The maximum absolute atomic E-state index is 10.7. The molecule has 2 aromatic heterocycles. The Bertz CT molecular complexity index is 914. The van der Waals surface area contributed by atoms with Gasteiger partial charge < -0.3 is 20.3 Å². The number of thiophene rings is 1. The molecule has 0 saturated carbocycles. The molecule has 0 saturated heterocycles. The summed E-state index contributed by atoms with van der Waals surface area (Å²) < 4.78 is 2.25. The zero-order valence-corrected chi connectivity index (χ0v) is 17.6. The number of fused-ring (bicyclic) bond motifs is 1. The van der Waals surface area contributed by atoms with Crippen molar-refractivity contribution in [3.63, 3.8) is 0 Å². The molecule has 0 bridgehead atoms. The summed E-state index contributed by atoms with van der Waals surface area (Å²) in [5, 5.41) is 19.2. The minimum atomic E-state index is -0.955. The van der Waals surface area contributed by atoms with E-state index in [0.29, 0.717) is 6.54 Å². The number of guanidine groups is 1. The van der Waals surface area contributed by atoms with Gasteiger partial charge in [-0.15, -0.1) is 11.3 Å². The number of aliphatic imine (C=N–C) groups is 1. The lowest BCUT2D eigenvalue weighted by atomic mass is 10.1. The normalized spacial score (nSPS) is 14.2. The Labute approximate surface area is 170 Å². The molecule has 3 aromatic rings. The molecule has 0 aliphatic carbocycles. The van der Waals surface area contributed by atoms with Crippen LogP contribution < -0.4 is 10.6 Å². The van der Waals surface area contributed by atoms with Crippen molar-refractivity contribution in [3.8, 4) is 0 Å². The molecule has 0 aliphatic rings. The second-order valence-corrected chi connectivity index (χ2v) is 7.97. The maximum Gasteiger partial charge on any atom is 0.191 e. The third kappa shape index (κ3) is 4.91. The van der Waals surface area contributed by atoms with E-state index in [0.717, 1.165) is 48.2 Å². The van der Waals surface area contributed by atoms with Gasteiger partial charge in [0.05, 0.1) is 17.6 Å². The lowest BCUT2D eigenvalue weighted by Crippen LogP contribution is -2.39. The van der Waals surface area contributed by atoms with Crippen LogP contribution in [0.1, 0.15) is 31.0 Å². The fourth-order valence-corrected chi connectivity index (χ4v) is 3.94. The van der Waals surface area contributed by atoms with Gasteiger partial charge in [0.15, 0.2) is 5.96 Å². The molecular formula is C21H29N5OS. The summed E-state index contributed by atoms with van der Waals surface area (Å²) >= 11 is 1.55. The first-order valence-electron chi connectivity index (χ1n) is 9.71. The van der Waals surface area contributed by atoms with Gasteiger partial charge >= 0.3 is 0 Å². The van der Waals surface area contributed by atoms with E-state index in [2.05, 4.69) is 31.2 Å². The smallest absolute Gasteiger partial charge is 0.191 e. The lowest BCUT2D eigenvalue weighted by molar-refractivity contribution is 0.0711. The highest BCUT2D eigenvalue weighted by molar-refractivity contribution is 7.10. The zero-order valence-electron chi connectivity index (χ0n) is 16.8. The number of benzene rings is 1. The fraction of sp³-hybridized carbons (Fsp3) is 0.429. The third-order valence-corrected chi connectivity index (χ3v) is 5.76. The largest absolute Gasteiger partial charge is 0.383 e. The van der Waals surface area contributed by atoms with Crippen molar-refractivity contribution in [1.29, 1.82) is 0 Å². The second kappa shape index (κ2) is 9.21. The number of nitrogens with zero attached hydrogens (tertiary/aromatic N) is 3. The topological polar surface area (TPSA) is 74.5 Å². The number of nitrogens with one attached hydrogen (secondary N) is 2. The number of aliphatic hydroxyl groups is 1. The van der Waals surface area contributed by atoms with Crippen LogP contribution >= 0.6 is 11.3 Å². The van der Waals surface area contributed by atoms with E-state index in [-0.39, 0.29) is 0 Å². The van der Waals surface area contributed by atoms with E-state index >= 15 is 0 Å². The Morgan fingerprint density at radius 1 is 1.25 bits per heavy atom. The highest BCUT2D eigenvalue weighted by Gasteiger charge is 2.23. The van der Waals surface area contributed by atoms with Crippen LogP contribution in [-0.4, -0.2) is 40.3 Å². The van der Waals surface area contributed by atoms with Gasteiger partial charge in [-0.05, 0) is 50.8 Å². The van der Waals surface area contributed by atoms with Crippen LogP contribution in [0.5, 0.6) is 0 Å². The molecule has 7 heteroatoms. The summed E-state index contributed by atoms with van der Waals surface area (Å²) in [5.74, 6) is 1.76. The van der Waals surface area contributed by atoms with Gasteiger partial charge in [-0.2, -0.15) is 0 Å². The van der Waals surface area contributed by atoms with Gasteiger partial charge in [0, 0.05) is 24.5 Å². The monoisotopic (exact) mass is 399 g/mol. The van der Waals surface area contributed by atoms with Crippen molar-refractivity contribution in [1.82, 2.24) is 20.2 Å². The maximum atomic E-state index is 10.7. The van der Waals surface area contributed by atoms with Crippen LogP contribution in [0.2, 0.25) is 0 Å². The standard InChI is InChI=1S/C21H29N5OS/c1-4-22-20(24-15-21(3,27)19-11-7-14-28-19)23-12-8-13-26-16(2)25-17-9-5-6-10-18(17)26/h5-7,9-11,14,27H,4,8,12-13,15H2,1-3H3,(H2,22,23,24). The molecule has 6 nitrogen and oxygen atoms in total. The number of para-hydroxylation sites is 2. The van der Waals surface area contributed by atoms with Crippen molar-refractivity contribution in [3.05, 3.63) is 52.5 Å². The predicted molar refractivity (Wildman–Crippen MR) is 117 cm³/mol. The first kappa shape index (κ1) is 20.4. The Morgan fingerprint density at radius 3 is 2.82 bits per heavy atom. The minimum Gasteiger partial charge on any atom is -0.383 e. The molecule has 1 unspecified atom stereocenters. The average Bonchev–Trinajstić information content (AvgIpc) is 3.32. The molecule has 3 N–H and O–H groups in total. The SMILES string of the molecule is CCNC(=NCC(C)(O)c1cccs1)NCCCn1c(C)nc2ccccc21. The molecule has 0 radical (unpaired) electrons. The van der Waals surface area contributed by atoms with Gasteiger partial charge in [0.2, 0.25) is 0 Å². The molecule has 0 spiro atoms. The summed E-state index contributed by atoms with van der Waals surface area (Å²) in [7, 11) is 0. The fourth-order valence-electron chi connectivity index (χ4n) is 3.16. The summed E-state index contributed by atoms with van der Waals surface area (Å²) in [4.78, 5) is 10.1. The molecule has 28 heavy (non-hydrogen) atoms. The van der Waals surface area contributed by atoms with Gasteiger partial charge in [0.25, 0.3) is 0 Å². The summed E-state index contributed by atoms with van der Waals surface area (Å²) in [6, 6.07) is 12.1. The Hall–Kier alpha value is -2.38. The van der Waals surface area contributed by atoms with Crippen LogP contribution in [0.25, 0.3) is 11.0 Å². The van der Waals surface area contributed by atoms with Crippen LogP contribution in [-0.2, 0) is 12.1 Å². The van der Waals surface area contributed by atoms with Crippen LogP contribution in [0.15, 0.2) is 46.8 Å². The third-order valence-electron chi connectivity index (χ3n) is 4.64. The average molecular weight is 400 g/mol. The molecule has 3 rings (SSSR count). The molecule has 1 aromatic carbocycles. The minimum absolute atomic E-state index is 0.314. The van der Waals surface area contributed by atoms with Crippen LogP contribution in [0, 0.1) is 6.92 Å². The van der Waals surface area contributed by atoms with Gasteiger partial charge in [-0.3, -0.25) is 0 Å². The first-order valence-corrected chi connectivity index (χ1v) is 10.6. The molecule has 0 fully saturated rings. The number of aromatic nitrogens is 2. The molecule has 2 heterocycles. The van der Waals surface area contributed by atoms with E-state index in [4.69, 9.17) is 0 Å². The Kier molecular flexibility index (Phi) is 6.70. The predicted octanol–water partition coefficient (Wildman–Crippen LogP) is 3.26. The lowest BCUT2D eigenvalue weighted by Gasteiger charge is -2.20. The van der Waals surface area contributed by atoms with E-state index in [1.54, 1.807) is 18.3 Å².